The Balaban J connectivity index is 1.92. The van der Waals surface area contributed by atoms with Crippen LogP contribution in [-0.4, -0.2) is 47.7 Å². The summed E-state index contributed by atoms with van der Waals surface area (Å²) < 4.78 is 0. The first kappa shape index (κ1) is 20.5. The maximum atomic E-state index is 12.3. The summed E-state index contributed by atoms with van der Waals surface area (Å²) in [6.07, 6.45) is 0.544. The second-order valence-corrected chi connectivity index (χ2v) is 6.22. The summed E-state index contributed by atoms with van der Waals surface area (Å²) in [6.45, 7) is 5.03. The Morgan fingerprint density at radius 2 is 1.63 bits per heavy atom. The molecule has 2 aromatic rings. The van der Waals surface area contributed by atoms with E-state index in [0.717, 1.165) is 5.56 Å². The average molecular weight is 369 g/mol. The summed E-state index contributed by atoms with van der Waals surface area (Å²) in [5.74, 6) is -0.0285. The largest absolute Gasteiger partial charge is 0.394 e. The van der Waals surface area contributed by atoms with Gasteiger partial charge >= 0.3 is 6.03 Å². The molecule has 0 bridgehead atoms. The molecule has 1 unspecified atom stereocenters. The van der Waals surface area contributed by atoms with Gasteiger partial charge in [-0.05, 0) is 50.1 Å². The van der Waals surface area contributed by atoms with Crippen molar-refractivity contribution in [2.24, 2.45) is 0 Å². The first-order valence-corrected chi connectivity index (χ1v) is 9.19. The van der Waals surface area contributed by atoms with Crippen molar-refractivity contribution in [3.63, 3.8) is 0 Å². The molecule has 6 nitrogen and oxygen atoms in total. The maximum absolute atomic E-state index is 12.3. The van der Waals surface area contributed by atoms with Crippen LogP contribution in [0.15, 0.2) is 54.6 Å². The van der Waals surface area contributed by atoms with Crippen molar-refractivity contribution in [3.05, 3.63) is 65.7 Å². The molecule has 0 saturated carbocycles. The Kier molecular flexibility index (Phi) is 7.82. The van der Waals surface area contributed by atoms with E-state index in [2.05, 4.69) is 10.6 Å². The second kappa shape index (κ2) is 10.3. The van der Waals surface area contributed by atoms with Gasteiger partial charge < -0.3 is 20.6 Å². The fraction of sp³-hybridized carbons (Fsp3) is 0.333. The fourth-order valence-corrected chi connectivity index (χ4v) is 2.80. The first-order valence-electron chi connectivity index (χ1n) is 9.19. The van der Waals surface area contributed by atoms with Gasteiger partial charge in [0.2, 0.25) is 0 Å². The molecule has 0 heterocycles. The molecular formula is C21H27N3O3. The molecule has 0 fully saturated rings. The minimum Gasteiger partial charge on any atom is -0.394 e. The van der Waals surface area contributed by atoms with Gasteiger partial charge in [0.05, 0.1) is 12.6 Å². The summed E-state index contributed by atoms with van der Waals surface area (Å²) in [5.41, 5.74) is 2.21. The highest BCUT2D eigenvalue weighted by molar-refractivity contribution is 5.95. The van der Waals surface area contributed by atoms with Gasteiger partial charge in [-0.2, -0.15) is 0 Å². The van der Waals surface area contributed by atoms with E-state index in [1.165, 1.54) is 0 Å². The number of rotatable bonds is 8. The van der Waals surface area contributed by atoms with E-state index in [1.807, 2.05) is 44.2 Å². The lowest BCUT2D eigenvalue weighted by molar-refractivity contribution is 0.0773. The fourth-order valence-electron chi connectivity index (χ4n) is 2.80. The molecule has 144 valence electrons. The smallest absolute Gasteiger partial charge is 0.319 e. The molecule has 0 aliphatic carbocycles. The van der Waals surface area contributed by atoms with Crippen molar-refractivity contribution in [1.29, 1.82) is 0 Å². The number of aliphatic hydroxyl groups excluding tert-OH is 1. The molecule has 3 amide bonds. The minimum absolute atomic E-state index is 0.0285. The molecule has 0 aliphatic heterocycles. The van der Waals surface area contributed by atoms with E-state index in [9.17, 15) is 14.7 Å². The predicted molar refractivity (Wildman–Crippen MR) is 107 cm³/mol. The lowest BCUT2D eigenvalue weighted by Gasteiger charge is -2.19. The van der Waals surface area contributed by atoms with Crippen LogP contribution in [0.4, 0.5) is 10.5 Å². The van der Waals surface area contributed by atoms with Crippen LogP contribution in [-0.2, 0) is 6.42 Å². The number of urea groups is 1. The summed E-state index contributed by atoms with van der Waals surface area (Å²) in [6, 6.07) is 15.7. The van der Waals surface area contributed by atoms with Gasteiger partial charge in [-0.25, -0.2) is 4.79 Å². The molecule has 0 spiro atoms. The Morgan fingerprint density at radius 3 is 2.19 bits per heavy atom. The zero-order valence-corrected chi connectivity index (χ0v) is 15.8. The van der Waals surface area contributed by atoms with E-state index in [-0.39, 0.29) is 18.6 Å². The van der Waals surface area contributed by atoms with E-state index < -0.39 is 6.03 Å². The molecule has 27 heavy (non-hydrogen) atoms. The number of aliphatic hydroxyl groups is 1. The quantitative estimate of drug-likeness (QED) is 0.669. The zero-order valence-electron chi connectivity index (χ0n) is 15.8. The van der Waals surface area contributed by atoms with E-state index in [1.54, 1.807) is 29.2 Å². The van der Waals surface area contributed by atoms with Gasteiger partial charge in [0.25, 0.3) is 5.91 Å². The van der Waals surface area contributed by atoms with Gasteiger partial charge in [0.15, 0.2) is 0 Å². The molecular weight excluding hydrogens is 342 g/mol. The molecule has 6 heteroatoms. The van der Waals surface area contributed by atoms with Crippen molar-refractivity contribution >= 4 is 17.6 Å². The second-order valence-electron chi connectivity index (χ2n) is 6.22. The number of carbonyl (C=O) groups excluding carboxylic acids is 2. The van der Waals surface area contributed by atoms with Crippen LogP contribution in [0.25, 0.3) is 0 Å². The van der Waals surface area contributed by atoms with Crippen molar-refractivity contribution in [2.75, 3.05) is 25.0 Å². The highest BCUT2D eigenvalue weighted by Gasteiger charge is 2.14. The number of nitrogens with one attached hydrogen (secondary N) is 2. The van der Waals surface area contributed by atoms with Crippen LogP contribution in [0, 0.1) is 0 Å². The Bertz CT molecular complexity index is 728. The number of hydrogen-bond acceptors (Lipinski definition) is 3. The number of amides is 3. The average Bonchev–Trinajstić information content (AvgIpc) is 2.69. The normalized spacial score (nSPS) is 11.5. The highest BCUT2D eigenvalue weighted by atomic mass is 16.3. The van der Waals surface area contributed by atoms with Crippen LogP contribution in [0.3, 0.4) is 0 Å². The molecule has 2 aromatic carbocycles. The number of benzene rings is 2. The van der Waals surface area contributed by atoms with Crippen LogP contribution in [0.5, 0.6) is 0 Å². The summed E-state index contributed by atoms with van der Waals surface area (Å²) in [5, 5.41) is 15.0. The lowest BCUT2D eigenvalue weighted by Crippen LogP contribution is -2.41. The molecule has 1 atom stereocenters. The van der Waals surface area contributed by atoms with Gasteiger partial charge in [0, 0.05) is 24.3 Å². The van der Waals surface area contributed by atoms with Crippen molar-refractivity contribution in [3.8, 4) is 0 Å². The molecule has 0 aliphatic rings. The lowest BCUT2D eigenvalue weighted by atomic mass is 10.1. The number of anilines is 1. The van der Waals surface area contributed by atoms with Gasteiger partial charge in [0.1, 0.15) is 0 Å². The van der Waals surface area contributed by atoms with Gasteiger partial charge in [-0.3, -0.25) is 4.79 Å². The SMILES string of the molecule is CCN(CC)C(=O)c1ccc(NC(=O)NC(CO)Cc2ccccc2)cc1. The van der Waals surface area contributed by atoms with Crippen molar-refractivity contribution in [2.45, 2.75) is 26.3 Å². The van der Waals surface area contributed by atoms with E-state index in [4.69, 9.17) is 0 Å². The molecule has 0 radical (unpaired) electrons. The standard InChI is InChI=1S/C21H27N3O3/c1-3-24(4-2)20(26)17-10-12-18(13-11-17)22-21(27)23-19(15-25)14-16-8-6-5-7-9-16/h5-13,19,25H,3-4,14-15H2,1-2H3,(H2,22,23,27). The number of nitrogens with zero attached hydrogens (tertiary/aromatic N) is 1. The van der Waals surface area contributed by atoms with E-state index in [0.29, 0.717) is 30.8 Å². The van der Waals surface area contributed by atoms with Crippen LogP contribution >= 0.6 is 0 Å². The van der Waals surface area contributed by atoms with Crippen LogP contribution < -0.4 is 10.6 Å². The molecule has 0 saturated heterocycles. The summed E-state index contributed by atoms with van der Waals surface area (Å²) in [4.78, 5) is 26.2. The topological polar surface area (TPSA) is 81.7 Å². The monoisotopic (exact) mass is 369 g/mol. The molecule has 2 rings (SSSR count). The zero-order chi connectivity index (χ0) is 19.6. The van der Waals surface area contributed by atoms with Crippen molar-refractivity contribution < 1.29 is 14.7 Å². The number of carbonyl (C=O) groups is 2. The highest BCUT2D eigenvalue weighted by Crippen LogP contribution is 2.12. The van der Waals surface area contributed by atoms with Gasteiger partial charge in [-0.15, -0.1) is 0 Å². The van der Waals surface area contributed by atoms with Crippen LogP contribution in [0.2, 0.25) is 0 Å². The predicted octanol–water partition coefficient (Wildman–Crippen LogP) is 2.89. The molecule has 3 N–H and O–H groups in total. The molecule has 0 aromatic heterocycles. The third-order valence-electron chi connectivity index (χ3n) is 4.32. The third-order valence-corrected chi connectivity index (χ3v) is 4.32. The van der Waals surface area contributed by atoms with Crippen LogP contribution in [0.1, 0.15) is 29.8 Å². The summed E-state index contributed by atoms with van der Waals surface area (Å²) >= 11 is 0. The van der Waals surface area contributed by atoms with E-state index >= 15 is 0 Å². The Labute approximate surface area is 160 Å². The Morgan fingerprint density at radius 1 is 1.00 bits per heavy atom. The minimum atomic E-state index is -0.396. The third kappa shape index (κ3) is 6.11. The first-order chi connectivity index (χ1) is 13.1. The summed E-state index contributed by atoms with van der Waals surface area (Å²) in [7, 11) is 0. The van der Waals surface area contributed by atoms with Crippen molar-refractivity contribution in [1.82, 2.24) is 10.2 Å². The number of hydrogen-bond donors (Lipinski definition) is 3. The maximum Gasteiger partial charge on any atom is 0.319 e. The van der Waals surface area contributed by atoms with Gasteiger partial charge in [-0.1, -0.05) is 30.3 Å². The Hall–Kier alpha value is -2.86.